The van der Waals surface area contributed by atoms with E-state index < -0.39 is 6.23 Å². The fraction of sp³-hybridized carbons (Fsp3) is 0.133. The summed E-state index contributed by atoms with van der Waals surface area (Å²) in [5.41, 5.74) is 3.56. The summed E-state index contributed by atoms with van der Waals surface area (Å²) in [6.45, 7) is 0.424. The fourth-order valence-corrected chi connectivity index (χ4v) is 2.08. The van der Waals surface area contributed by atoms with E-state index in [1.165, 1.54) is 24.3 Å². The third kappa shape index (κ3) is 3.22. The SMILES string of the molecule is O=C1NC(Oc2ccc(F)cc2)CN(c2ccccc2)N1. The van der Waals surface area contributed by atoms with E-state index in [-0.39, 0.29) is 11.8 Å². The summed E-state index contributed by atoms with van der Waals surface area (Å²) in [6.07, 6.45) is -0.524. The average molecular weight is 287 g/mol. The van der Waals surface area contributed by atoms with Crippen LogP contribution >= 0.6 is 0 Å². The van der Waals surface area contributed by atoms with Gasteiger partial charge in [0.25, 0.3) is 0 Å². The number of carbonyl (C=O) groups is 1. The van der Waals surface area contributed by atoms with Crippen molar-refractivity contribution < 1.29 is 13.9 Å². The number of urea groups is 1. The fourth-order valence-electron chi connectivity index (χ4n) is 2.08. The zero-order chi connectivity index (χ0) is 14.7. The molecule has 0 aliphatic carbocycles. The van der Waals surface area contributed by atoms with Crippen molar-refractivity contribution in [1.29, 1.82) is 0 Å². The second-order valence-corrected chi connectivity index (χ2v) is 4.59. The maximum absolute atomic E-state index is 12.9. The number of amides is 2. The normalized spacial score (nSPS) is 17.9. The van der Waals surface area contributed by atoms with Crippen LogP contribution in [0.1, 0.15) is 0 Å². The molecule has 1 aliphatic rings. The summed E-state index contributed by atoms with van der Waals surface area (Å²) in [5, 5.41) is 4.37. The molecule has 1 saturated heterocycles. The molecule has 1 aliphatic heterocycles. The van der Waals surface area contributed by atoms with Crippen LogP contribution in [0.2, 0.25) is 0 Å². The summed E-state index contributed by atoms with van der Waals surface area (Å²) >= 11 is 0. The highest BCUT2D eigenvalue weighted by molar-refractivity contribution is 5.77. The maximum Gasteiger partial charge on any atom is 0.336 e. The Kier molecular flexibility index (Phi) is 3.59. The number of anilines is 1. The van der Waals surface area contributed by atoms with Gasteiger partial charge in [0, 0.05) is 0 Å². The Morgan fingerprint density at radius 1 is 1.10 bits per heavy atom. The van der Waals surface area contributed by atoms with Crippen molar-refractivity contribution in [2.45, 2.75) is 6.23 Å². The van der Waals surface area contributed by atoms with Gasteiger partial charge in [-0.3, -0.25) is 10.3 Å². The highest BCUT2D eigenvalue weighted by Gasteiger charge is 2.25. The smallest absolute Gasteiger partial charge is 0.336 e. The molecule has 1 fully saturated rings. The second kappa shape index (κ2) is 5.70. The lowest BCUT2D eigenvalue weighted by Gasteiger charge is -2.35. The summed E-state index contributed by atoms with van der Waals surface area (Å²) in [7, 11) is 0. The number of halogens is 1. The quantitative estimate of drug-likeness (QED) is 0.910. The van der Waals surface area contributed by atoms with Gasteiger partial charge < -0.3 is 4.74 Å². The number of para-hydroxylation sites is 1. The molecule has 0 radical (unpaired) electrons. The average Bonchev–Trinajstić information content (AvgIpc) is 2.50. The molecule has 0 aromatic heterocycles. The molecule has 1 atom stereocenters. The van der Waals surface area contributed by atoms with Gasteiger partial charge in [0.2, 0.25) is 0 Å². The largest absolute Gasteiger partial charge is 0.469 e. The third-order valence-electron chi connectivity index (χ3n) is 3.04. The molecular formula is C15H14FN3O2. The van der Waals surface area contributed by atoms with Crippen LogP contribution < -0.4 is 20.5 Å². The number of hydrogen-bond donors (Lipinski definition) is 2. The van der Waals surface area contributed by atoms with Gasteiger partial charge in [-0.15, -0.1) is 0 Å². The van der Waals surface area contributed by atoms with E-state index in [0.29, 0.717) is 12.3 Å². The molecule has 0 bridgehead atoms. The van der Waals surface area contributed by atoms with E-state index >= 15 is 0 Å². The lowest BCUT2D eigenvalue weighted by Crippen LogP contribution is -2.62. The number of rotatable bonds is 3. The standard InChI is InChI=1S/C15H14FN3O2/c16-11-6-8-13(9-7-11)21-14-10-19(18-15(20)17-14)12-4-2-1-3-5-12/h1-9,14H,10H2,(H2,17,18,20). The number of ether oxygens (including phenoxy) is 1. The molecule has 2 amide bonds. The van der Waals surface area contributed by atoms with Crippen molar-refractivity contribution >= 4 is 11.7 Å². The van der Waals surface area contributed by atoms with Crippen LogP contribution in [0.25, 0.3) is 0 Å². The predicted octanol–water partition coefficient (Wildman–Crippen LogP) is 2.26. The van der Waals surface area contributed by atoms with Gasteiger partial charge in [0.15, 0.2) is 6.23 Å². The molecule has 0 spiro atoms. The Bertz CT molecular complexity index is 619. The van der Waals surface area contributed by atoms with E-state index in [2.05, 4.69) is 10.7 Å². The van der Waals surface area contributed by atoms with Crippen molar-refractivity contribution in [2.75, 3.05) is 11.6 Å². The number of nitrogens with one attached hydrogen (secondary N) is 2. The summed E-state index contributed by atoms with van der Waals surface area (Å²) in [6, 6.07) is 14.8. The maximum atomic E-state index is 12.9. The molecule has 3 rings (SSSR count). The third-order valence-corrected chi connectivity index (χ3v) is 3.04. The highest BCUT2D eigenvalue weighted by Crippen LogP contribution is 2.16. The van der Waals surface area contributed by atoms with Gasteiger partial charge in [-0.05, 0) is 36.4 Å². The number of benzene rings is 2. The summed E-state index contributed by atoms with van der Waals surface area (Å²) in [4.78, 5) is 11.7. The molecule has 1 heterocycles. The molecule has 5 nitrogen and oxygen atoms in total. The zero-order valence-corrected chi connectivity index (χ0v) is 11.1. The van der Waals surface area contributed by atoms with Crippen LogP contribution in [0, 0.1) is 5.82 Å². The van der Waals surface area contributed by atoms with Gasteiger partial charge in [0.05, 0.1) is 12.2 Å². The Hall–Kier alpha value is -2.76. The molecule has 108 valence electrons. The van der Waals surface area contributed by atoms with Gasteiger partial charge in [-0.2, -0.15) is 0 Å². The van der Waals surface area contributed by atoms with E-state index in [0.717, 1.165) is 5.69 Å². The molecule has 2 aromatic rings. The minimum absolute atomic E-state index is 0.331. The first kappa shape index (κ1) is 13.2. The van der Waals surface area contributed by atoms with Crippen molar-refractivity contribution in [3.8, 4) is 5.75 Å². The Labute approximate surface area is 121 Å². The van der Waals surface area contributed by atoms with Crippen molar-refractivity contribution in [1.82, 2.24) is 10.7 Å². The number of hydrogen-bond acceptors (Lipinski definition) is 3. The van der Waals surface area contributed by atoms with Crippen LogP contribution in [0.4, 0.5) is 14.9 Å². The van der Waals surface area contributed by atoms with Crippen LogP contribution in [0.15, 0.2) is 54.6 Å². The zero-order valence-electron chi connectivity index (χ0n) is 11.1. The molecule has 2 N–H and O–H groups in total. The first-order valence-electron chi connectivity index (χ1n) is 6.53. The van der Waals surface area contributed by atoms with E-state index in [4.69, 9.17) is 4.74 Å². The van der Waals surface area contributed by atoms with E-state index in [9.17, 15) is 9.18 Å². The molecule has 0 saturated carbocycles. The number of nitrogens with zero attached hydrogens (tertiary/aromatic N) is 1. The van der Waals surface area contributed by atoms with Gasteiger partial charge in [0.1, 0.15) is 11.6 Å². The van der Waals surface area contributed by atoms with Crippen LogP contribution in [0.3, 0.4) is 0 Å². The van der Waals surface area contributed by atoms with Crippen molar-refractivity contribution in [3.63, 3.8) is 0 Å². The monoisotopic (exact) mass is 287 g/mol. The Morgan fingerprint density at radius 3 is 2.52 bits per heavy atom. The van der Waals surface area contributed by atoms with E-state index in [1.807, 2.05) is 30.3 Å². The highest BCUT2D eigenvalue weighted by atomic mass is 19.1. The summed E-state index contributed by atoms with van der Waals surface area (Å²) < 4.78 is 18.5. The Balaban J connectivity index is 1.71. The second-order valence-electron chi connectivity index (χ2n) is 4.59. The molecule has 1 unspecified atom stereocenters. The lowest BCUT2D eigenvalue weighted by atomic mass is 10.3. The van der Waals surface area contributed by atoms with E-state index in [1.54, 1.807) is 5.01 Å². The van der Waals surface area contributed by atoms with Gasteiger partial charge in [-0.25, -0.2) is 14.6 Å². The molecule has 21 heavy (non-hydrogen) atoms. The molecule has 6 heteroatoms. The molecular weight excluding hydrogens is 273 g/mol. The number of hydrazine groups is 1. The van der Waals surface area contributed by atoms with Gasteiger partial charge in [-0.1, -0.05) is 18.2 Å². The van der Waals surface area contributed by atoms with Crippen molar-refractivity contribution in [3.05, 3.63) is 60.4 Å². The van der Waals surface area contributed by atoms with Crippen LogP contribution in [-0.2, 0) is 0 Å². The first-order chi connectivity index (χ1) is 10.2. The first-order valence-corrected chi connectivity index (χ1v) is 6.53. The minimum Gasteiger partial charge on any atom is -0.469 e. The Morgan fingerprint density at radius 2 is 1.81 bits per heavy atom. The number of carbonyl (C=O) groups excluding carboxylic acids is 1. The minimum atomic E-state index is -0.524. The van der Waals surface area contributed by atoms with Crippen LogP contribution in [-0.4, -0.2) is 18.8 Å². The van der Waals surface area contributed by atoms with Gasteiger partial charge >= 0.3 is 6.03 Å². The lowest BCUT2D eigenvalue weighted by molar-refractivity contribution is 0.149. The topological polar surface area (TPSA) is 53.6 Å². The molecule has 2 aromatic carbocycles. The van der Waals surface area contributed by atoms with Crippen molar-refractivity contribution in [2.24, 2.45) is 0 Å². The van der Waals surface area contributed by atoms with Crippen LogP contribution in [0.5, 0.6) is 5.75 Å². The summed E-state index contributed by atoms with van der Waals surface area (Å²) in [5.74, 6) is 0.166. The predicted molar refractivity (Wildman–Crippen MR) is 76.3 cm³/mol.